The van der Waals surface area contributed by atoms with Gasteiger partial charge in [-0.15, -0.1) is 0 Å². The van der Waals surface area contributed by atoms with E-state index in [0.717, 1.165) is 56.0 Å². The van der Waals surface area contributed by atoms with Gasteiger partial charge in [0.25, 0.3) is 0 Å². The Morgan fingerprint density at radius 2 is 0.959 bits per heavy atom. The number of rotatable bonds is 15. The van der Waals surface area contributed by atoms with Gasteiger partial charge in [-0.3, -0.25) is 29.2 Å². The fourth-order valence-corrected chi connectivity index (χ4v) is 9.60. The molecule has 0 radical (unpaired) electrons. The molecule has 4 aromatic rings. The van der Waals surface area contributed by atoms with Crippen LogP contribution in [0.3, 0.4) is 0 Å². The van der Waals surface area contributed by atoms with E-state index in [0.29, 0.717) is 12.1 Å². The highest BCUT2D eigenvalue weighted by molar-refractivity contribution is 6.08. The lowest BCUT2D eigenvalue weighted by Crippen LogP contribution is -2.63. The van der Waals surface area contributed by atoms with E-state index in [4.69, 9.17) is 0 Å². The number of carbonyl (C=O) groups is 6. The summed E-state index contributed by atoms with van der Waals surface area (Å²) < 4.78 is 85.5. The second-order valence-electron chi connectivity index (χ2n) is 19.2. The van der Waals surface area contributed by atoms with Gasteiger partial charge in [0.15, 0.2) is 11.6 Å². The topological polar surface area (TPSA) is 203 Å². The van der Waals surface area contributed by atoms with Gasteiger partial charge in [-0.25, -0.2) is 19.2 Å². The van der Waals surface area contributed by atoms with Crippen LogP contribution in [0.5, 0.6) is 0 Å². The molecule has 2 N–H and O–H groups in total. The van der Waals surface area contributed by atoms with Crippen molar-refractivity contribution in [2.24, 2.45) is 17.3 Å². The van der Waals surface area contributed by atoms with Gasteiger partial charge in [-0.2, -0.15) is 36.9 Å². The summed E-state index contributed by atoms with van der Waals surface area (Å²) in [4.78, 5) is 91.3. The van der Waals surface area contributed by atoms with Gasteiger partial charge in [0.1, 0.15) is 12.1 Å². The second-order valence-corrected chi connectivity index (χ2v) is 19.2. The third-order valence-corrected chi connectivity index (χ3v) is 13.1. The molecule has 0 fully saturated rings. The van der Waals surface area contributed by atoms with Crippen LogP contribution >= 0.6 is 0 Å². The van der Waals surface area contributed by atoms with Gasteiger partial charge in [0.05, 0.1) is 57.9 Å². The van der Waals surface area contributed by atoms with E-state index in [-0.39, 0.29) is 44.8 Å². The fraction of sp³-hybridized carbons (Fsp3) is 0.333. The van der Waals surface area contributed by atoms with Crippen LogP contribution in [-0.4, -0.2) is 67.7 Å². The number of carbonyl (C=O) groups excluding carboxylic acids is 4. The maximum atomic E-state index is 15.5. The molecule has 4 amide bonds. The first-order chi connectivity index (χ1) is 34.5. The highest BCUT2D eigenvalue weighted by Crippen LogP contribution is 2.49. The Balaban J connectivity index is 1.65. The van der Waals surface area contributed by atoms with Crippen molar-refractivity contribution in [2.45, 2.75) is 98.3 Å². The Morgan fingerprint density at radius 3 is 1.28 bits per heavy atom. The molecule has 74 heavy (non-hydrogen) atoms. The Hall–Kier alpha value is -8.26. The molecule has 0 bridgehead atoms. The molecule has 4 atom stereocenters. The van der Waals surface area contributed by atoms with E-state index in [9.17, 15) is 66.3 Å². The minimum atomic E-state index is -4.93. The number of amides is 4. The second kappa shape index (κ2) is 20.7. The number of hydrogen-bond acceptors (Lipinski definition) is 8. The highest BCUT2D eigenvalue weighted by atomic mass is 19.4. The van der Waals surface area contributed by atoms with E-state index in [1.165, 1.54) is 104 Å². The number of aliphatic carboxylic acids is 2. The summed E-state index contributed by atoms with van der Waals surface area (Å²) >= 11 is 0. The highest BCUT2D eigenvalue weighted by Gasteiger charge is 2.55. The van der Waals surface area contributed by atoms with E-state index >= 15 is 9.59 Å². The molecule has 0 spiro atoms. The minimum Gasteiger partial charge on any atom is -0.480 e. The molecular formula is C54H50F6N6O8. The number of carboxylic acids is 2. The first-order valence-corrected chi connectivity index (χ1v) is 23.0. The zero-order chi connectivity index (χ0) is 55.1. The van der Waals surface area contributed by atoms with Crippen LogP contribution in [0.1, 0.15) is 107 Å². The van der Waals surface area contributed by atoms with E-state index < -0.39 is 118 Å². The van der Waals surface area contributed by atoms with E-state index in [1.54, 1.807) is 0 Å². The molecule has 14 nitrogen and oxygen atoms in total. The number of Topliss-reactive ketones (excluding diaryl/α,β-unsaturated/α-hetero) is 2. The molecule has 6 rings (SSSR count). The first-order valence-electron chi connectivity index (χ1n) is 23.0. The lowest BCUT2D eigenvalue weighted by molar-refractivity contribution is -0.151. The van der Waals surface area contributed by atoms with Gasteiger partial charge >= 0.3 is 36.4 Å². The summed E-state index contributed by atoms with van der Waals surface area (Å²) in [6.45, 7) is 11.1. The maximum absolute atomic E-state index is 15.5. The maximum Gasteiger partial charge on any atom is 0.416 e. The number of hydrogen-bond donors (Lipinski definition) is 2. The van der Waals surface area contributed by atoms with Crippen molar-refractivity contribution < 1.29 is 65.3 Å². The summed E-state index contributed by atoms with van der Waals surface area (Å²) in [6.07, 6.45) is -10.8. The molecule has 2 unspecified atom stereocenters. The summed E-state index contributed by atoms with van der Waals surface area (Å²) in [5.74, 6) is -6.70. The van der Waals surface area contributed by atoms with Crippen LogP contribution in [0.15, 0.2) is 120 Å². The molecule has 386 valence electrons. The quantitative estimate of drug-likeness (QED) is 0.108. The molecular weight excluding hydrogens is 975 g/mol. The molecule has 2 aliphatic rings. The van der Waals surface area contributed by atoms with Crippen molar-refractivity contribution in [1.29, 1.82) is 10.5 Å². The molecule has 4 aromatic carbocycles. The van der Waals surface area contributed by atoms with Crippen LogP contribution in [0.2, 0.25) is 0 Å². The monoisotopic (exact) mass is 1020 g/mol. The number of carboxylic acid groups (broad SMARTS) is 2. The Bertz CT molecular complexity index is 3080. The molecule has 0 saturated carbocycles. The number of ketones is 2. The molecule has 20 heteroatoms. The van der Waals surface area contributed by atoms with Crippen molar-refractivity contribution in [3.63, 3.8) is 0 Å². The zero-order valence-electron chi connectivity index (χ0n) is 41.2. The summed E-state index contributed by atoms with van der Waals surface area (Å²) in [6, 6.07) is 11.3. The lowest BCUT2D eigenvalue weighted by atomic mass is 9.74. The number of allylic oxidation sites excluding steroid dienone is 2. The van der Waals surface area contributed by atoms with Crippen molar-refractivity contribution in [3.8, 4) is 12.1 Å². The Kier molecular flexibility index (Phi) is 15.4. The third kappa shape index (κ3) is 10.5. The lowest BCUT2D eigenvalue weighted by Gasteiger charge is -2.51. The van der Waals surface area contributed by atoms with E-state index in [1.807, 2.05) is 12.1 Å². The standard InChI is InChI=1S/C54H50F6N6O8/c1-28(2)45(67)41-30(5)63(38-13-9-11-36(23-38)53(55,56)57)50(73)65(43(41)34-19-15-32(26-61)16-20-34)40(48(69)70)25-52(7,8)47(49(71)72)66-44(35-21-17-33(27-62)18-22-35)42(46(68)29(3)4)31(6)64(51(66)74)39-14-10-12-37(24-39)54(58,59)60/h9-24,28-29,40,43-44,47H,25H2,1-8H3,(H,69,70)(H,71,72)/t40?,43-,44-,47?/m1/s1. The van der Waals surface area contributed by atoms with Crippen LogP contribution in [0.4, 0.5) is 47.3 Å². The van der Waals surface area contributed by atoms with Gasteiger partial charge in [0, 0.05) is 34.4 Å². The zero-order valence-corrected chi connectivity index (χ0v) is 41.2. The van der Waals surface area contributed by atoms with Gasteiger partial charge in [-0.05, 0) is 97.5 Å². The number of urea groups is 2. The summed E-state index contributed by atoms with van der Waals surface area (Å²) in [7, 11) is 0. The fourth-order valence-electron chi connectivity index (χ4n) is 9.60. The number of halogens is 6. The van der Waals surface area contributed by atoms with Gasteiger partial charge < -0.3 is 10.2 Å². The largest absolute Gasteiger partial charge is 0.480 e. The smallest absolute Gasteiger partial charge is 0.416 e. The predicted molar refractivity (Wildman–Crippen MR) is 256 cm³/mol. The number of benzene rings is 4. The van der Waals surface area contributed by atoms with Crippen molar-refractivity contribution in [1.82, 2.24) is 9.80 Å². The van der Waals surface area contributed by atoms with Gasteiger partial charge in [-0.1, -0.05) is 77.9 Å². The molecule has 0 saturated heterocycles. The van der Waals surface area contributed by atoms with Crippen LogP contribution in [-0.2, 0) is 31.5 Å². The van der Waals surface area contributed by atoms with Crippen LogP contribution < -0.4 is 9.80 Å². The SMILES string of the molecule is CC1=C(C(=O)C(C)C)[C@@H](c2ccc(C#N)cc2)N(C(CC(C)(C)C(C(=O)O)N2C(=O)N(c3cccc(C(F)(F)F)c3)C(C)=C(C(=O)C(C)C)[C@H]2c2ccc(C#N)cc2)C(=O)O)C(=O)N1c1cccc(C(F)(F)F)c1. The normalized spacial score (nSPS) is 17.6. The minimum absolute atomic E-state index is 0.0718. The van der Waals surface area contributed by atoms with Crippen molar-refractivity contribution >= 4 is 46.9 Å². The summed E-state index contributed by atoms with van der Waals surface area (Å²) in [5, 5.41) is 42.3. The van der Waals surface area contributed by atoms with Crippen LogP contribution in [0.25, 0.3) is 0 Å². The van der Waals surface area contributed by atoms with Crippen molar-refractivity contribution in [3.05, 3.63) is 153 Å². The third-order valence-electron chi connectivity index (χ3n) is 13.1. The average molecular weight is 1030 g/mol. The molecule has 2 heterocycles. The van der Waals surface area contributed by atoms with Crippen LogP contribution in [0, 0.1) is 39.9 Å². The van der Waals surface area contributed by atoms with E-state index in [2.05, 4.69) is 0 Å². The first kappa shape index (κ1) is 55.1. The number of nitriles is 2. The Morgan fingerprint density at radius 1 is 0.595 bits per heavy atom. The average Bonchev–Trinajstić information content (AvgIpc) is 3.33. The predicted octanol–water partition coefficient (Wildman–Crippen LogP) is 11.5. The van der Waals surface area contributed by atoms with Gasteiger partial charge in [0.2, 0.25) is 0 Å². The molecule has 0 aromatic heterocycles. The number of alkyl halides is 6. The summed E-state index contributed by atoms with van der Waals surface area (Å²) in [5.41, 5.74) is -5.79. The molecule has 0 aliphatic carbocycles. The number of nitrogens with zero attached hydrogens (tertiary/aromatic N) is 6. The number of anilines is 2. The Labute approximate surface area is 422 Å². The molecule has 2 aliphatic heterocycles. The van der Waals surface area contributed by atoms with Crippen molar-refractivity contribution in [2.75, 3.05) is 9.80 Å².